The molecule has 22 heavy (non-hydrogen) atoms. The molecule has 8 heteroatoms. The molecule has 0 aliphatic carbocycles. The Morgan fingerprint density at radius 2 is 1.82 bits per heavy atom. The molecular weight excluding hydrogens is 288 g/mol. The molecule has 0 bridgehead atoms. The number of phenols is 3. The Kier molecular flexibility index (Phi) is 3.13. The van der Waals surface area contributed by atoms with Gasteiger partial charge in [0.25, 0.3) is 5.56 Å². The van der Waals surface area contributed by atoms with E-state index in [0.29, 0.717) is 29.4 Å². The molecule has 0 spiro atoms. The summed E-state index contributed by atoms with van der Waals surface area (Å²) in [5.41, 5.74) is 6.94. The third kappa shape index (κ3) is 2.30. The van der Waals surface area contributed by atoms with Gasteiger partial charge in [-0.1, -0.05) is 0 Å². The van der Waals surface area contributed by atoms with E-state index in [0.717, 1.165) is 5.56 Å². The number of rotatable bonds is 3. The van der Waals surface area contributed by atoms with Crippen LogP contribution in [-0.4, -0.2) is 30.3 Å². The van der Waals surface area contributed by atoms with Crippen LogP contribution >= 0.6 is 0 Å². The minimum atomic E-state index is -0.549. The fourth-order valence-corrected chi connectivity index (χ4v) is 2.40. The lowest BCUT2D eigenvalue weighted by Gasteiger charge is -2.05. The van der Waals surface area contributed by atoms with E-state index in [2.05, 4.69) is 15.0 Å². The van der Waals surface area contributed by atoms with Gasteiger partial charge >= 0.3 is 0 Å². The molecule has 0 fully saturated rings. The monoisotopic (exact) mass is 302 g/mol. The highest BCUT2D eigenvalue weighted by Gasteiger charge is 2.12. The first-order valence-corrected chi connectivity index (χ1v) is 6.55. The molecule has 7 N–H and O–H groups in total. The van der Waals surface area contributed by atoms with Gasteiger partial charge in [-0.15, -0.1) is 0 Å². The Hall–Kier alpha value is -3.16. The van der Waals surface area contributed by atoms with E-state index in [1.54, 1.807) is 6.20 Å². The Morgan fingerprint density at radius 1 is 1.14 bits per heavy atom. The molecule has 1 aromatic carbocycles. The molecule has 0 unspecified atom stereocenters. The van der Waals surface area contributed by atoms with Crippen molar-refractivity contribution in [1.29, 1.82) is 0 Å². The highest BCUT2D eigenvalue weighted by molar-refractivity contribution is 5.79. The molecular formula is C14H14N4O4. The summed E-state index contributed by atoms with van der Waals surface area (Å²) in [6, 6.07) is 2.73. The van der Waals surface area contributed by atoms with Crippen molar-refractivity contribution in [2.45, 2.75) is 12.8 Å². The maximum Gasteiger partial charge on any atom is 0.262 e. The minimum Gasteiger partial charge on any atom is -0.504 e. The van der Waals surface area contributed by atoms with E-state index in [1.807, 2.05) is 0 Å². The Morgan fingerprint density at radius 3 is 2.50 bits per heavy atom. The topological polar surface area (TPSA) is 148 Å². The predicted molar refractivity (Wildman–Crippen MR) is 80.0 cm³/mol. The van der Waals surface area contributed by atoms with E-state index >= 15 is 0 Å². The average Bonchev–Trinajstić information content (AvgIpc) is 2.85. The van der Waals surface area contributed by atoms with Crippen LogP contribution < -0.4 is 11.3 Å². The van der Waals surface area contributed by atoms with Crippen molar-refractivity contribution in [3.63, 3.8) is 0 Å². The van der Waals surface area contributed by atoms with Gasteiger partial charge in [0.05, 0.1) is 5.39 Å². The van der Waals surface area contributed by atoms with Crippen LogP contribution in [0.4, 0.5) is 5.95 Å². The van der Waals surface area contributed by atoms with Crippen LogP contribution in [0, 0.1) is 0 Å². The summed E-state index contributed by atoms with van der Waals surface area (Å²) in [4.78, 5) is 21.3. The second kappa shape index (κ2) is 4.99. The van der Waals surface area contributed by atoms with E-state index in [9.17, 15) is 20.1 Å². The number of hydrogen-bond acceptors (Lipinski definition) is 6. The number of phenolic OH excluding ortho intramolecular Hbond substituents is 3. The standard InChI is InChI=1S/C14H14N4O4/c15-14-17-12-10(13(22)18-14)7(5-16-12)2-1-6-3-8(19)11(21)9(20)4-6/h3-5,19-21H,1-2H2,(H4,15,16,17,18,22). The van der Waals surface area contributed by atoms with Gasteiger partial charge < -0.3 is 26.0 Å². The first kappa shape index (κ1) is 13.8. The fourth-order valence-electron chi connectivity index (χ4n) is 2.40. The second-order valence-electron chi connectivity index (χ2n) is 4.97. The van der Waals surface area contributed by atoms with E-state index in [-0.39, 0.29) is 23.0 Å². The van der Waals surface area contributed by atoms with Crippen LogP contribution in [0.25, 0.3) is 11.0 Å². The highest BCUT2D eigenvalue weighted by atomic mass is 16.3. The zero-order valence-corrected chi connectivity index (χ0v) is 11.4. The number of H-pyrrole nitrogens is 2. The molecule has 0 saturated heterocycles. The summed E-state index contributed by atoms with van der Waals surface area (Å²) in [7, 11) is 0. The van der Waals surface area contributed by atoms with Gasteiger partial charge in [-0.25, -0.2) is 0 Å². The summed E-state index contributed by atoms with van der Waals surface area (Å²) in [5, 5.41) is 28.7. The van der Waals surface area contributed by atoms with Gasteiger partial charge in [-0.05, 0) is 36.1 Å². The molecule has 0 amide bonds. The highest BCUT2D eigenvalue weighted by Crippen LogP contribution is 2.35. The molecule has 2 heterocycles. The van der Waals surface area contributed by atoms with Crippen LogP contribution in [0.15, 0.2) is 23.1 Å². The number of aromatic hydroxyl groups is 3. The first-order chi connectivity index (χ1) is 10.5. The summed E-state index contributed by atoms with van der Waals surface area (Å²) < 4.78 is 0. The first-order valence-electron chi connectivity index (χ1n) is 6.55. The number of anilines is 1. The number of nitrogen functional groups attached to an aromatic ring is 1. The normalized spacial score (nSPS) is 11.1. The number of nitrogens with two attached hydrogens (primary N) is 1. The van der Waals surface area contributed by atoms with Gasteiger partial charge in [-0.3, -0.25) is 9.78 Å². The van der Waals surface area contributed by atoms with Crippen molar-refractivity contribution in [3.05, 3.63) is 39.8 Å². The summed E-state index contributed by atoms with van der Waals surface area (Å²) in [6.07, 6.45) is 2.61. The van der Waals surface area contributed by atoms with E-state index in [4.69, 9.17) is 5.73 Å². The number of benzene rings is 1. The van der Waals surface area contributed by atoms with Crippen LogP contribution in [0.3, 0.4) is 0 Å². The van der Waals surface area contributed by atoms with Crippen molar-refractivity contribution in [1.82, 2.24) is 15.0 Å². The molecule has 8 nitrogen and oxygen atoms in total. The number of hydrogen-bond donors (Lipinski definition) is 6. The van der Waals surface area contributed by atoms with Crippen LogP contribution in [-0.2, 0) is 12.8 Å². The Labute approximate surface area is 123 Å². The van der Waals surface area contributed by atoms with Crippen LogP contribution in [0.1, 0.15) is 11.1 Å². The molecule has 0 atom stereocenters. The largest absolute Gasteiger partial charge is 0.504 e. The third-order valence-electron chi connectivity index (χ3n) is 3.45. The third-order valence-corrected chi connectivity index (χ3v) is 3.45. The number of fused-ring (bicyclic) bond motifs is 1. The second-order valence-corrected chi connectivity index (χ2v) is 4.97. The minimum absolute atomic E-state index is 0.0410. The van der Waals surface area contributed by atoms with Crippen LogP contribution in [0.2, 0.25) is 0 Å². The molecule has 114 valence electrons. The maximum absolute atomic E-state index is 11.9. The Balaban J connectivity index is 1.90. The quantitative estimate of drug-likeness (QED) is 0.393. The molecule has 3 aromatic rings. The lowest BCUT2D eigenvalue weighted by Crippen LogP contribution is -2.11. The molecule has 0 saturated carbocycles. The van der Waals surface area contributed by atoms with Crippen LogP contribution in [0.5, 0.6) is 17.2 Å². The van der Waals surface area contributed by atoms with Gasteiger partial charge in [0.15, 0.2) is 17.2 Å². The van der Waals surface area contributed by atoms with Gasteiger partial charge in [0.2, 0.25) is 5.95 Å². The SMILES string of the molecule is Nc1nc2[nH]cc(CCc3cc(O)c(O)c(O)c3)c2c(=O)[nH]1. The molecule has 3 rings (SSSR count). The number of aromatic nitrogens is 3. The molecule has 2 aromatic heterocycles. The van der Waals surface area contributed by atoms with E-state index < -0.39 is 5.75 Å². The fraction of sp³-hybridized carbons (Fsp3) is 0.143. The number of nitrogens with zero attached hydrogens (tertiary/aromatic N) is 1. The summed E-state index contributed by atoms with van der Waals surface area (Å²) >= 11 is 0. The zero-order chi connectivity index (χ0) is 15.9. The Bertz CT molecular complexity index is 890. The van der Waals surface area contributed by atoms with Crippen molar-refractivity contribution >= 4 is 17.0 Å². The van der Waals surface area contributed by atoms with E-state index in [1.165, 1.54) is 12.1 Å². The summed E-state index contributed by atoms with van der Waals surface area (Å²) in [6.45, 7) is 0. The number of aromatic amines is 2. The van der Waals surface area contributed by atoms with Crippen molar-refractivity contribution in [2.75, 3.05) is 5.73 Å². The van der Waals surface area contributed by atoms with Crippen molar-refractivity contribution in [3.8, 4) is 17.2 Å². The van der Waals surface area contributed by atoms with Gasteiger partial charge in [0, 0.05) is 6.20 Å². The average molecular weight is 302 g/mol. The van der Waals surface area contributed by atoms with Gasteiger partial charge in [-0.2, -0.15) is 4.98 Å². The zero-order valence-electron chi connectivity index (χ0n) is 11.4. The molecule has 0 aliphatic rings. The lowest BCUT2D eigenvalue weighted by atomic mass is 10.0. The predicted octanol–water partition coefficient (Wildman–Crippen LogP) is 0.735. The molecule has 0 aliphatic heterocycles. The smallest absolute Gasteiger partial charge is 0.262 e. The number of aryl methyl sites for hydroxylation is 2. The summed E-state index contributed by atoms with van der Waals surface area (Å²) in [5.74, 6) is -1.28. The maximum atomic E-state index is 11.9. The van der Waals surface area contributed by atoms with Gasteiger partial charge in [0.1, 0.15) is 5.65 Å². The lowest BCUT2D eigenvalue weighted by molar-refractivity contribution is 0.367. The molecule has 0 radical (unpaired) electrons. The van der Waals surface area contributed by atoms with Crippen molar-refractivity contribution in [2.24, 2.45) is 0 Å². The number of nitrogens with one attached hydrogen (secondary N) is 2. The van der Waals surface area contributed by atoms with Crippen molar-refractivity contribution < 1.29 is 15.3 Å².